The number of hydrogen-bond donors (Lipinski definition) is 3. The largest absolute Gasteiger partial charge is 0.481 e. The number of hydrogen-bond acceptors (Lipinski definition) is 3. The van der Waals surface area contributed by atoms with Crippen LogP contribution in [-0.4, -0.2) is 31.6 Å². The number of rotatable bonds is 5. The summed E-state index contributed by atoms with van der Waals surface area (Å²) in [6.45, 7) is 3.45. The summed E-state index contributed by atoms with van der Waals surface area (Å²) in [5.41, 5.74) is 0. The maximum absolute atomic E-state index is 11.8. The molecule has 2 atom stereocenters. The molecule has 1 aliphatic rings. The van der Waals surface area contributed by atoms with Gasteiger partial charge in [-0.05, 0) is 26.7 Å². The van der Waals surface area contributed by atoms with Crippen LogP contribution in [0.4, 0.5) is 0 Å². The van der Waals surface area contributed by atoms with Crippen molar-refractivity contribution in [3.63, 3.8) is 0 Å². The van der Waals surface area contributed by atoms with Gasteiger partial charge in [0.25, 0.3) is 10.2 Å². The SMILES string of the molecule is CC(C)NS(=O)(=O)NC1CCCCCC1C(=O)O. The van der Waals surface area contributed by atoms with Crippen LogP contribution in [0, 0.1) is 5.92 Å². The van der Waals surface area contributed by atoms with Crippen molar-refractivity contribution < 1.29 is 18.3 Å². The first-order valence-electron chi connectivity index (χ1n) is 6.34. The topological polar surface area (TPSA) is 95.5 Å². The van der Waals surface area contributed by atoms with E-state index in [0.717, 1.165) is 19.3 Å². The van der Waals surface area contributed by atoms with Gasteiger partial charge >= 0.3 is 5.97 Å². The zero-order valence-corrected chi connectivity index (χ0v) is 11.7. The molecule has 0 radical (unpaired) electrons. The third-order valence-corrected chi connectivity index (χ3v) is 4.43. The van der Waals surface area contributed by atoms with Gasteiger partial charge in [0.15, 0.2) is 0 Å². The van der Waals surface area contributed by atoms with Gasteiger partial charge in [0.2, 0.25) is 0 Å². The van der Waals surface area contributed by atoms with E-state index in [1.54, 1.807) is 13.8 Å². The number of nitrogens with one attached hydrogen (secondary N) is 2. The third kappa shape index (κ3) is 4.91. The number of carbonyl (C=O) groups is 1. The minimum Gasteiger partial charge on any atom is -0.481 e. The predicted octanol–water partition coefficient (Wildman–Crippen LogP) is 0.852. The second kappa shape index (κ2) is 6.49. The third-order valence-electron chi connectivity index (χ3n) is 3.03. The highest BCUT2D eigenvalue weighted by molar-refractivity contribution is 7.87. The monoisotopic (exact) mass is 278 g/mol. The Kier molecular flexibility index (Phi) is 5.55. The van der Waals surface area contributed by atoms with Gasteiger partial charge in [-0.1, -0.05) is 19.3 Å². The average Bonchev–Trinajstić information content (AvgIpc) is 2.39. The molecule has 106 valence electrons. The van der Waals surface area contributed by atoms with Crippen LogP contribution in [0.5, 0.6) is 0 Å². The molecule has 0 spiro atoms. The molecule has 0 aromatic heterocycles. The highest BCUT2D eigenvalue weighted by Gasteiger charge is 2.32. The Morgan fingerprint density at radius 2 is 1.83 bits per heavy atom. The van der Waals surface area contributed by atoms with E-state index in [1.165, 1.54) is 0 Å². The summed E-state index contributed by atoms with van der Waals surface area (Å²) < 4.78 is 28.4. The number of carboxylic acid groups (broad SMARTS) is 1. The first-order chi connectivity index (χ1) is 8.32. The standard InChI is InChI=1S/C11H22N2O4S/c1-8(2)12-18(16,17)13-10-7-5-3-4-6-9(10)11(14)15/h8-10,12-13H,3-7H2,1-2H3,(H,14,15). The summed E-state index contributed by atoms with van der Waals surface area (Å²) in [5.74, 6) is -1.55. The molecule has 18 heavy (non-hydrogen) atoms. The van der Waals surface area contributed by atoms with Crippen LogP contribution in [0.2, 0.25) is 0 Å². The summed E-state index contributed by atoms with van der Waals surface area (Å²) in [6, 6.07) is -0.724. The normalized spacial score (nSPS) is 25.9. The fraction of sp³-hybridized carbons (Fsp3) is 0.909. The lowest BCUT2D eigenvalue weighted by molar-refractivity contribution is -0.142. The van der Waals surface area contributed by atoms with Crippen molar-refractivity contribution in [2.75, 3.05) is 0 Å². The zero-order valence-electron chi connectivity index (χ0n) is 10.8. The van der Waals surface area contributed by atoms with Gasteiger partial charge in [0.1, 0.15) is 0 Å². The molecule has 6 nitrogen and oxygen atoms in total. The van der Waals surface area contributed by atoms with E-state index >= 15 is 0 Å². The van der Waals surface area contributed by atoms with Gasteiger partial charge in [-0.15, -0.1) is 0 Å². The number of aliphatic carboxylic acids is 1. The van der Waals surface area contributed by atoms with Crippen LogP contribution in [-0.2, 0) is 15.0 Å². The van der Waals surface area contributed by atoms with E-state index in [9.17, 15) is 13.2 Å². The lowest BCUT2D eigenvalue weighted by Gasteiger charge is -2.23. The first kappa shape index (κ1) is 15.4. The van der Waals surface area contributed by atoms with Crippen LogP contribution in [0.1, 0.15) is 46.0 Å². The molecular formula is C11H22N2O4S. The van der Waals surface area contributed by atoms with Gasteiger partial charge in [0, 0.05) is 12.1 Å². The molecule has 0 amide bonds. The van der Waals surface area contributed by atoms with Crippen LogP contribution < -0.4 is 9.44 Å². The van der Waals surface area contributed by atoms with Crippen LogP contribution >= 0.6 is 0 Å². The van der Waals surface area contributed by atoms with Gasteiger partial charge in [0.05, 0.1) is 5.92 Å². The predicted molar refractivity (Wildman–Crippen MR) is 68.3 cm³/mol. The minimum absolute atomic E-state index is 0.212. The zero-order chi connectivity index (χ0) is 13.8. The molecule has 0 aliphatic heterocycles. The second-order valence-corrected chi connectivity index (χ2v) is 6.56. The van der Waals surface area contributed by atoms with Gasteiger partial charge in [-0.25, -0.2) is 0 Å². The molecule has 1 aliphatic carbocycles. The van der Waals surface area contributed by atoms with Crippen molar-refractivity contribution in [3.05, 3.63) is 0 Å². The second-order valence-electron chi connectivity index (χ2n) is 5.08. The number of carboxylic acids is 1. The van der Waals surface area contributed by atoms with Crippen molar-refractivity contribution in [1.82, 2.24) is 9.44 Å². The summed E-state index contributed by atoms with van der Waals surface area (Å²) in [4.78, 5) is 11.2. The summed E-state index contributed by atoms with van der Waals surface area (Å²) in [6.07, 6.45) is 3.77. The fourth-order valence-corrected chi connectivity index (χ4v) is 3.66. The van der Waals surface area contributed by atoms with Crippen molar-refractivity contribution in [2.45, 2.75) is 58.0 Å². The van der Waals surface area contributed by atoms with Crippen molar-refractivity contribution in [3.8, 4) is 0 Å². The molecule has 1 rings (SSSR count). The fourth-order valence-electron chi connectivity index (χ4n) is 2.29. The van der Waals surface area contributed by atoms with Crippen LogP contribution in [0.15, 0.2) is 0 Å². The van der Waals surface area contributed by atoms with Gasteiger partial charge in [-0.2, -0.15) is 17.9 Å². The van der Waals surface area contributed by atoms with Crippen molar-refractivity contribution in [2.24, 2.45) is 5.92 Å². The molecule has 3 N–H and O–H groups in total. The molecule has 1 saturated carbocycles. The van der Waals surface area contributed by atoms with Crippen LogP contribution in [0.3, 0.4) is 0 Å². The Labute approximate surface area is 108 Å². The highest BCUT2D eigenvalue weighted by atomic mass is 32.2. The van der Waals surface area contributed by atoms with Crippen LogP contribution in [0.25, 0.3) is 0 Å². The summed E-state index contributed by atoms with van der Waals surface area (Å²) in [7, 11) is -3.63. The Hall–Kier alpha value is -0.660. The van der Waals surface area contributed by atoms with Gasteiger partial charge in [-0.3, -0.25) is 4.79 Å². The Bertz CT molecular complexity index is 381. The van der Waals surface area contributed by atoms with Crippen molar-refractivity contribution >= 4 is 16.2 Å². The lowest BCUT2D eigenvalue weighted by Crippen LogP contribution is -2.49. The van der Waals surface area contributed by atoms with E-state index < -0.39 is 28.1 Å². The smallest absolute Gasteiger partial charge is 0.308 e. The Morgan fingerprint density at radius 3 is 2.39 bits per heavy atom. The average molecular weight is 278 g/mol. The lowest BCUT2D eigenvalue weighted by atomic mass is 9.96. The van der Waals surface area contributed by atoms with E-state index in [-0.39, 0.29) is 6.04 Å². The summed E-state index contributed by atoms with van der Waals surface area (Å²) >= 11 is 0. The molecule has 1 fully saturated rings. The first-order valence-corrected chi connectivity index (χ1v) is 7.82. The molecule has 0 heterocycles. The van der Waals surface area contributed by atoms with E-state index in [1.807, 2.05) is 0 Å². The maximum atomic E-state index is 11.8. The quantitative estimate of drug-likeness (QED) is 0.650. The van der Waals surface area contributed by atoms with E-state index in [4.69, 9.17) is 5.11 Å². The molecular weight excluding hydrogens is 256 g/mol. The van der Waals surface area contributed by atoms with Gasteiger partial charge < -0.3 is 5.11 Å². The molecule has 2 unspecified atom stereocenters. The molecule has 7 heteroatoms. The van der Waals surface area contributed by atoms with E-state index in [0.29, 0.717) is 12.8 Å². The minimum atomic E-state index is -3.63. The Balaban J connectivity index is 2.74. The molecule has 0 saturated heterocycles. The molecule has 0 bridgehead atoms. The Morgan fingerprint density at radius 1 is 1.22 bits per heavy atom. The maximum Gasteiger partial charge on any atom is 0.308 e. The molecule has 0 aromatic rings. The highest BCUT2D eigenvalue weighted by Crippen LogP contribution is 2.24. The van der Waals surface area contributed by atoms with Crippen molar-refractivity contribution in [1.29, 1.82) is 0 Å². The molecule has 0 aromatic carbocycles. The summed E-state index contributed by atoms with van der Waals surface area (Å²) in [5, 5.41) is 9.16. The van der Waals surface area contributed by atoms with E-state index in [2.05, 4.69) is 9.44 Å².